The Kier molecular flexibility index (Phi) is 8.94. The van der Waals surface area contributed by atoms with Gasteiger partial charge in [-0.2, -0.15) is 0 Å². The Balaban J connectivity index is 1.61. The number of hydrogen-bond donors (Lipinski definition) is 0. The number of carbonyl (C=O) groups is 2. The second-order valence-electron chi connectivity index (χ2n) is 11.8. The molecule has 49 heavy (non-hydrogen) atoms. The first kappa shape index (κ1) is 32.9. The van der Waals surface area contributed by atoms with Crippen molar-refractivity contribution in [3.05, 3.63) is 137 Å². The summed E-state index contributed by atoms with van der Waals surface area (Å²) in [5.41, 5.74) is 2.46. The molecule has 0 aliphatic carbocycles. The van der Waals surface area contributed by atoms with Gasteiger partial charge in [0.2, 0.25) is 11.8 Å². The van der Waals surface area contributed by atoms with Gasteiger partial charge in [-0.1, -0.05) is 84.9 Å². The normalized spacial score (nSPS) is 20.7. The van der Waals surface area contributed by atoms with E-state index in [1.165, 1.54) is 36.7 Å². The van der Waals surface area contributed by atoms with Gasteiger partial charge in [-0.3, -0.25) is 9.59 Å². The number of thioether (sulfide) groups is 2. The maximum absolute atomic E-state index is 17.0. The zero-order valence-electron chi connectivity index (χ0n) is 27.4. The minimum atomic E-state index is -1.58. The van der Waals surface area contributed by atoms with Crippen molar-refractivity contribution < 1.29 is 28.2 Å². The summed E-state index contributed by atoms with van der Waals surface area (Å²) in [5.74, 6) is 0.338. The Morgan fingerprint density at radius 3 is 1.78 bits per heavy atom. The van der Waals surface area contributed by atoms with E-state index in [9.17, 15) is 9.59 Å². The lowest BCUT2D eigenvalue weighted by Crippen LogP contribution is -2.61. The van der Waals surface area contributed by atoms with Gasteiger partial charge in [0.1, 0.15) is 23.1 Å². The largest absolute Gasteiger partial charge is 0.496 e. The predicted octanol–water partition coefficient (Wildman–Crippen LogP) is 7.56. The fourth-order valence-electron chi connectivity index (χ4n) is 7.26. The highest BCUT2D eigenvalue weighted by atomic mass is 32.2. The van der Waals surface area contributed by atoms with E-state index < -0.39 is 15.6 Å². The van der Waals surface area contributed by atoms with Crippen molar-refractivity contribution in [3.63, 3.8) is 0 Å². The number of ether oxygens (including phenoxy) is 3. The molecule has 7 nitrogen and oxygen atoms in total. The summed E-state index contributed by atoms with van der Waals surface area (Å²) >= 11 is 2.66. The van der Waals surface area contributed by atoms with Gasteiger partial charge in [0.25, 0.3) is 0 Å². The molecule has 0 spiro atoms. The molecule has 2 heterocycles. The first-order valence-corrected chi connectivity index (χ1v) is 17.8. The van der Waals surface area contributed by atoms with Crippen LogP contribution >= 0.6 is 23.5 Å². The second kappa shape index (κ2) is 13.3. The van der Waals surface area contributed by atoms with Gasteiger partial charge >= 0.3 is 0 Å². The molecule has 0 N–H and O–H groups in total. The van der Waals surface area contributed by atoms with Crippen molar-refractivity contribution in [1.29, 1.82) is 0 Å². The summed E-state index contributed by atoms with van der Waals surface area (Å²) in [7, 11) is 4.62. The van der Waals surface area contributed by atoms with Gasteiger partial charge < -0.3 is 24.0 Å². The van der Waals surface area contributed by atoms with E-state index in [4.69, 9.17) is 14.2 Å². The van der Waals surface area contributed by atoms with Crippen LogP contribution in [0.15, 0.2) is 109 Å². The summed E-state index contributed by atoms with van der Waals surface area (Å²) < 4.78 is 35.0. The summed E-state index contributed by atoms with van der Waals surface area (Å²) in [6.45, 7) is 0.321. The van der Waals surface area contributed by atoms with Gasteiger partial charge in [0, 0.05) is 13.1 Å². The zero-order chi connectivity index (χ0) is 34.2. The lowest BCUT2D eigenvalue weighted by molar-refractivity contribution is -0.141. The van der Waals surface area contributed by atoms with Gasteiger partial charge in [0.05, 0.1) is 44.0 Å². The van der Waals surface area contributed by atoms with Crippen molar-refractivity contribution in [2.75, 3.05) is 32.8 Å². The van der Waals surface area contributed by atoms with E-state index in [1.54, 1.807) is 36.2 Å². The standard InChI is InChI=1S/C39H35FN2O5S2/c1-45-31-19-10-18-30(40)36(31)38(42(35(44)25-48-38)23-28-16-9-15-27-14-7-8-17-29(27)28)39(37-32(46-2)20-11-21-33(37)47-3)41(34(43)24-49-39)22-26-12-5-4-6-13-26/h4-21H,22-25H2,1-3H3. The molecule has 250 valence electrons. The lowest BCUT2D eigenvalue weighted by atomic mass is 9.85. The average Bonchev–Trinajstić information content (AvgIpc) is 3.64. The van der Waals surface area contributed by atoms with Crippen molar-refractivity contribution in [2.24, 2.45) is 0 Å². The Morgan fingerprint density at radius 1 is 0.612 bits per heavy atom. The molecule has 2 atom stereocenters. The van der Waals surface area contributed by atoms with E-state index >= 15 is 4.39 Å². The SMILES string of the molecule is COc1cccc(F)c1C1(C2(c3c(OC)cccc3OC)SCC(=O)N2Cc2ccccc2)SCC(=O)N1Cc1cccc2ccccc12. The monoisotopic (exact) mass is 694 g/mol. The first-order chi connectivity index (χ1) is 23.9. The van der Waals surface area contributed by atoms with E-state index in [2.05, 4.69) is 0 Å². The van der Waals surface area contributed by atoms with Gasteiger partial charge in [0.15, 0.2) is 9.74 Å². The molecular formula is C39H35FN2O5S2. The zero-order valence-corrected chi connectivity index (χ0v) is 29.0. The van der Waals surface area contributed by atoms with Gasteiger partial charge in [-0.05, 0) is 46.2 Å². The third-order valence-corrected chi connectivity index (χ3v) is 12.5. The molecule has 5 aromatic rings. The number of methoxy groups -OCH3 is 3. The molecule has 0 bridgehead atoms. The smallest absolute Gasteiger partial charge is 0.234 e. The fraction of sp³-hybridized carbons (Fsp3) is 0.231. The molecule has 2 unspecified atom stereocenters. The third kappa shape index (κ3) is 5.20. The minimum absolute atomic E-state index is 0.0371. The quantitative estimate of drug-likeness (QED) is 0.150. The van der Waals surface area contributed by atoms with Crippen LogP contribution in [0.1, 0.15) is 22.3 Å². The molecular weight excluding hydrogens is 660 g/mol. The van der Waals surface area contributed by atoms with E-state index in [-0.39, 0.29) is 47.7 Å². The summed E-state index contributed by atoms with van der Waals surface area (Å²) in [6.07, 6.45) is 0. The Hall–Kier alpha value is -4.67. The van der Waals surface area contributed by atoms with Crippen LogP contribution in [-0.4, -0.2) is 54.4 Å². The minimum Gasteiger partial charge on any atom is -0.496 e. The van der Waals surface area contributed by atoms with E-state index in [1.807, 2.05) is 91.0 Å². The maximum Gasteiger partial charge on any atom is 0.234 e. The van der Waals surface area contributed by atoms with Crippen LogP contribution in [-0.2, 0) is 32.4 Å². The number of hydrogen-bond acceptors (Lipinski definition) is 7. The maximum atomic E-state index is 17.0. The molecule has 0 radical (unpaired) electrons. The predicted molar refractivity (Wildman–Crippen MR) is 192 cm³/mol. The number of benzene rings is 5. The van der Waals surface area contributed by atoms with Crippen LogP contribution in [0.3, 0.4) is 0 Å². The van der Waals surface area contributed by atoms with Gasteiger partial charge in [-0.25, -0.2) is 4.39 Å². The summed E-state index contributed by atoms with van der Waals surface area (Å²) in [4.78, 5) is 29.5. The molecule has 0 saturated carbocycles. The van der Waals surface area contributed by atoms with Crippen molar-refractivity contribution in [3.8, 4) is 17.2 Å². The Morgan fingerprint density at radius 2 is 1.12 bits per heavy atom. The number of rotatable bonds is 10. The number of nitrogens with zero attached hydrogens (tertiary/aromatic N) is 2. The van der Waals surface area contributed by atoms with Crippen molar-refractivity contribution in [1.82, 2.24) is 9.80 Å². The molecule has 2 amide bonds. The summed E-state index contributed by atoms with van der Waals surface area (Å²) in [5, 5.41) is 2.00. The van der Waals surface area contributed by atoms with Crippen molar-refractivity contribution in [2.45, 2.75) is 22.8 Å². The van der Waals surface area contributed by atoms with E-state index in [0.29, 0.717) is 17.1 Å². The lowest BCUT2D eigenvalue weighted by Gasteiger charge is -2.54. The number of fused-ring (bicyclic) bond motifs is 1. The number of carbonyl (C=O) groups excluding carboxylic acids is 2. The van der Waals surface area contributed by atoms with Gasteiger partial charge in [-0.15, -0.1) is 23.5 Å². The Labute approximate surface area is 293 Å². The fourth-order valence-corrected chi connectivity index (χ4v) is 10.7. The van der Waals surface area contributed by atoms with Crippen LogP contribution < -0.4 is 14.2 Å². The molecule has 2 aliphatic heterocycles. The van der Waals surface area contributed by atoms with Crippen LogP contribution in [0, 0.1) is 5.82 Å². The van der Waals surface area contributed by atoms with E-state index in [0.717, 1.165) is 21.9 Å². The van der Waals surface area contributed by atoms with Crippen molar-refractivity contribution >= 4 is 46.1 Å². The van der Waals surface area contributed by atoms with Crippen LogP contribution in [0.25, 0.3) is 10.8 Å². The topological polar surface area (TPSA) is 68.3 Å². The molecule has 2 fully saturated rings. The first-order valence-electron chi connectivity index (χ1n) is 15.8. The van der Waals surface area contributed by atoms with Crippen LogP contribution in [0.2, 0.25) is 0 Å². The third-order valence-electron chi connectivity index (χ3n) is 9.32. The Bertz CT molecular complexity index is 2020. The number of halogens is 1. The number of amides is 2. The molecule has 7 rings (SSSR count). The average molecular weight is 695 g/mol. The molecule has 10 heteroatoms. The summed E-state index contributed by atoms with van der Waals surface area (Å²) in [6, 6.07) is 33.8. The highest BCUT2D eigenvalue weighted by molar-refractivity contribution is 8.05. The highest BCUT2D eigenvalue weighted by Gasteiger charge is 2.71. The van der Waals surface area contributed by atoms with Crippen LogP contribution in [0.5, 0.6) is 17.2 Å². The molecule has 2 aliphatic rings. The molecule has 2 saturated heterocycles. The van der Waals surface area contributed by atoms with Crippen LogP contribution in [0.4, 0.5) is 4.39 Å². The highest BCUT2D eigenvalue weighted by Crippen LogP contribution is 2.69. The molecule has 0 aromatic heterocycles. The second-order valence-corrected chi connectivity index (χ2v) is 14.1. The molecule has 5 aromatic carbocycles.